The van der Waals surface area contributed by atoms with Gasteiger partial charge >= 0.3 is 5.97 Å². The number of hydrogen-bond acceptors (Lipinski definition) is 4. The number of carboxylic acids is 1. The molecule has 116 valence electrons. The second-order valence-corrected chi connectivity index (χ2v) is 5.50. The van der Waals surface area contributed by atoms with Crippen LogP contribution in [0.1, 0.15) is 35.3 Å². The van der Waals surface area contributed by atoms with E-state index in [1.165, 1.54) is 18.8 Å². The SMILES string of the molecule is O=C(O)CNC(=O)c1c(=O)cc(CC2CCC2)n2[nH]cnc12. The third-order valence-corrected chi connectivity index (χ3v) is 3.99. The standard InChI is InChI=1S/C14H16N4O4/c19-10-5-9(4-8-2-1-3-8)18-13(16-7-17-18)12(10)14(22)15-6-11(20)21/h5,7-8H,1-4,6H2,(H,15,22)(H,16,17)(H,20,21). The number of nitrogens with zero attached hydrogens (tertiary/aromatic N) is 2. The van der Waals surface area contributed by atoms with E-state index in [0.29, 0.717) is 5.92 Å². The van der Waals surface area contributed by atoms with Gasteiger partial charge in [0.25, 0.3) is 5.91 Å². The quantitative estimate of drug-likeness (QED) is 0.728. The molecule has 0 aliphatic heterocycles. The van der Waals surface area contributed by atoms with Crippen LogP contribution in [0.15, 0.2) is 17.2 Å². The Morgan fingerprint density at radius 1 is 1.45 bits per heavy atom. The van der Waals surface area contributed by atoms with Crippen LogP contribution in [-0.4, -0.2) is 38.1 Å². The molecule has 8 nitrogen and oxygen atoms in total. The molecule has 0 aromatic carbocycles. The summed E-state index contributed by atoms with van der Waals surface area (Å²) in [5, 5.41) is 13.7. The van der Waals surface area contributed by atoms with Gasteiger partial charge in [0.2, 0.25) is 0 Å². The zero-order valence-corrected chi connectivity index (χ0v) is 11.8. The van der Waals surface area contributed by atoms with E-state index in [0.717, 1.165) is 25.0 Å². The summed E-state index contributed by atoms with van der Waals surface area (Å²) in [4.78, 5) is 38.9. The van der Waals surface area contributed by atoms with Crippen molar-refractivity contribution in [1.82, 2.24) is 19.9 Å². The third kappa shape index (κ3) is 2.59. The highest BCUT2D eigenvalue weighted by atomic mass is 16.4. The highest BCUT2D eigenvalue weighted by molar-refractivity contribution is 6.00. The summed E-state index contributed by atoms with van der Waals surface area (Å²) in [6.07, 6.45) is 5.67. The van der Waals surface area contributed by atoms with Crippen LogP contribution in [0.25, 0.3) is 5.65 Å². The Bertz CT molecular complexity index is 788. The topological polar surface area (TPSA) is 117 Å². The maximum atomic E-state index is 12.3. The van der Waals surface area contributed by atoms with Gasteiger partial charge in [-0.2, -0.15) is 0 Å². The lowest BCUT2D eigenvalue weighted by molar-refractivity contribution is -0.135. The Kier molecular flexibility index (Phi) is 3.66. The van der Waals surface area contributed by atoms with Gasteiger partial charge < -0.3 is 10.4 Å². The molecule has 0 unspecified atom stereocenters. The van der Waals surface area contributed by atoms with Crippen LogP contribution in [-0.2, 0) is 11.2 Å². The minimum atomic E-state index is -1.17. The molecule has 3 rings (SSSR count). The molecule has 0 bridgehead atoms. The summed E-state index contributed by atoms with van der Waals surface area (Å²) in [5.74, 6) is -1.34. The maximum Gasteiger partial charge on any atom is 0.322 e. The Balaban J connectivity index is 1.97. The van der Waals surface area contributed by atoms with Gasteiger partial charge in [0.15, 0.2) is 11.1 Å². The monoisotopic (exact) mass is 304 g/mol. The number of fused-ring (bicyclic) bond motifs is 1. The van der Waals surface area contributed by atoms with E-state index in [4.69, 9.17) is 5.11 Å². The Morgan fingerprint density at radius 2 is 2.23 bits per heavy atom. The molecule has 2 aromatic rings. The number of carbonyl (C=O) groups is 2. The fraction of sp³-hybridized carbons (Fsp3) is 0.429. The predicted octanol–water partition coefficient (Wildman–Crippen LogP) is 0.180. The van der Waals surface area contributed by atoms with Gasteiger partial charge in [0, 0.05) is 11.8 Å². The molecule has 0 radical (unpaired) electrons. The predicted molar refractivity (Wildman–Crippen MR) is 76.8 cm³/mol. The fourth-order valence-corrected chi connectivity index (χ4v) is 2.66. The largest absolute Gasteiger partial charge is 0.480 e. The first-order valence-electron chi connectivity index (χ1n) is 7.14. The first-order valence-corrected chi connectivity index (χ1v) is 7.14. The molecule has 1 fully saturated rings. The Hall–Kier alpha value is -2.64. The Morgan fingerprint density at radius 3 is 2.86 bits per heavy atom. The van der Waals surface area contributed by atoms with Crippen molar-refractivity contribution in [3.63, 3.8) is 0 Å². The van der Waals surface area contributed by atoms with Crippen molar-refractivity contribution in [2.75, 3.05) is 6.54 Å². The van der Waals surface area contributed by atoms with E-state index >= 15 is 0 Å². The molecule has 1 saturated carbocycles. The van der Waals surface area contributed by atoms with Crippen molar-refractivity contribution in [3.05, 3.63) is 33.9 Å². The number of H-pyrrole nitrogens is 1. The number of aromatic amines is 1. The summed E-state index contributed by atoms with van der Waals surface area (Å²) in [7, 11) is 0. The molecule has 2 heterocycles. The molecule has 0 spiro atoms. The summed E-state index contributed by atoms with van der Waals surface area (Å²) in [6, 6.07) is 1.43. The van der Waals surface area contributed by atoms with Crippen molar-refractivity contribution in [1.29, 1.82) is 0 Å². The van der Waals surface area contributed by atoms with Crippen LogP contribution in [0, 0.1) is 5.92 Å². The van der Waals surface area contributed by atoms with E-state index in [9.17, 15) is 14.4 Å². The van der Waals surface area contributed by atoms with Gasteiger partial charge in [-0.3, -0.25) is 19.5 Å². The lowest BCUT2D eigenvalue weighted by Crippen LogP contribution is -2.33. The average molecular weight is 304 g/mol. The summed E-state index contributed by atoms with van der Waals surface area (Å²) >= 11 is 0. The number of amides is 1. The number of carbonyl (C=O) groups excluding carboxylic acids is 1. The number of aliphatic carboxylic acids is 1. The van der Waals surface area contributed by atoms with Crippen LogP contribution in [0.2, 0.25) is 0 Å². The molecule has 3 N–H and O–H groups in total. The maximum absolute atomic E-state index is 12.3. The lowest BCUT2D eigenvalue weighted by atomic mass is 9.82. The molecule has 1 aliphatic rings. The van der Waals surface area contributed by atoms with Gasteiger partial charge in [-0.1, -0.05) is 19.3 Å². The zero-order valence-electron chi connectivity index (χ0n) is 11.8. The van der Waals surface area contributed by atoms with E-state index in [1.54, 1.807) is 4.52 Å². The van der Waals surface area contributed by atoms with Crippen molar-refractivity contribution >= 4 is 17.5 Å². The van der Waals surface area contributed by atoms with Crippen LogP contribution in [0.3, 0.4) is 0 Å². The Labute approximate surface area is 125 Å². The number of aromatic nitrogens is 3. The first kappa shape index (κ1) is 14.3. The highest BCUT2D eigenvalue weighted by Crippen LogP contribution is 2.29. The van der Waals surface area contributed by atoms with Crippen LogP contribution in [0.5, 0.6) is 0 Å². The minimum Gasteiger partial charge on any atom is -0.480 e. The molecule has 8 heteroatoms. The molecule has 0 saturated heterocycles. The van der Waals surface area contributed by atoms with Crippen molar-refractivity contribution in [2.45, 2.75) is 25.7 Å². The lowest BCUT2D eigenvalue weighted by Gasteiger charge is -2.25. The van der Waals surface area contributed by atoms with Gasteiger partial charge in [0.05, 0.1) is 0 Å². The van der Waals surface area contributed by atoms with E-state index in [-0.39, 0.29) is 11.2 Å². The molecule has 1 aliphatic carbocycles. The molecular weight excluding hydrogens is 288 g/mol. The summed E-state index contributed by atoms with van der Waals surface area (Å²) in [5.41, 5.74) is 0.436. The number of pyridine rings is 1. The van der Waals surface area contributed by atoms with Crippen LogP contribution >= 0.6 is 0 Å². The molecule has 1 amide bonds. The molecule has 0 atom stereocenters. The summed E-state index contributed by atoms with van der Waals surface area (Å²) in [6.45, 7) is -0.543. The van der Waals surface area contributed by atoms with Crippen molar-refractivity contribution in [3.8, 4) is 0 Å². The van der Waals surface area contributed by atoms with Crippen LogP contribution in [0.4, 0.5) is 0 Å². The van der Waals surface area contributed by atoms with E-state index in [2.05, 4.69) is 15.4 Å². The van der Waals surface area contributed by atoms with Gasteiger partial charge in [-0.05, 0) is 12.3 Å². The first-order chi connectivity index (χ1) is 10.6. The second-order valence-electron chi connectivity index (χ2n) is 5.50. The second kappa shape index (κ2) is 5.63. The highest BCUT2D eigenvalue weighted by Gasteiger charge is 2.23. The number of nitrogens with one attached hydrogen (secondary N) is 2. The van der Waals surface area contributed by atoms with Gasteiger partial charge in [-0.25, -0.2) is 9.50 Å². The van der Waals surface area contributed by atoms with Crippen molar-refractivity contribution < 1.29 is 14.7 Å². The number of rotatable bonds is 5. The zero-order chi connectivity index (χ0) is 15.7. The van der Waals surface area contributed by atoms with Crippen LogP contribution < -0.4 is 10.7 Å². The summed E-state index contributed by atoms with van der Waals surface area (Å²) < 4.78 is 1.62. The number of carboxylic acid groups (broad SMARTS) is 1. The van der Waals surface area contributed by atoms with E-state index in [1.807, 2.05) is 0 Å². The average Bonchev–Trinajstić information content (AvgIpc) is 2.89. The van der Waals surface area contributed by atoms with Gasteiger partial charge in [-0.15, -0.1) is 0 Å². The van der Waals surface area contributed by atoms with E-state index < -0.39 is 23.9 Å². The molecule has 22 heavy (non-hydrogen) atoms. The smallest absolute Gasteiger partial charge is 0.322 e. The fourth-order valence-electron chi connectivity index (χ4n) is 2.66. The van der Waals surface area contributed by atoms with Crippen molar-refractivity contribution in [2.24, 2.45) is 5.92 Å². The molecular formula is C14H16N4O4. The third-order valence-electron chi connectivity index (χ3n) is 3.99. The van der Waals surface area contributed by atoms with Gasteiger partial charge in [0.1, 0.15) is 18.4 Å². The number of hydrogen-bond donors (Lipinski definition) is 3. The minimum absolute atomic E-state index is 0.139. The normalized spacial score (nSPS) is 14.7. The molecule has 2 aromatic heterocycles.